The maximum absolute atomic E-state index is 13.4. The van der Waals surface area contributed by atoms with Crippen molar-refractivity contribution in [3.05, 3.63) is 47.7 Å². The summed E-state index contributed by atoms with van der Waals surface area (Å²) in [4.78, 5) is 33.9. The van der Waals surface area contributed by atoms with Crippen LogP contribution in [0.2, 0.25) is 0 Å². The number of ether oxygens (including phenoxy) is 2. The number of nitrogens with zero attached hydrogens (tertiary/aromatic N) is 3. The van der Waals surface area contributed by atoms with Crippen LogP contribution in [-0.4, -0.2) is 51.8 Å². The molecule has 0 spiro atoms. The number of aliphatic hydroxyl groups is 2. The lowest BCUT2D eigenvalue weighted by molar-refractivity contribution is 0.0571. The number of fused-ring (bicyclic) bond motifs is 2. The number of hydrogen-bond acceptors (Lipinski definition) is 7. The molecule has 2 heterocycles. The summed E-state index contributed by atoms with van der Waals surface area (Å²) in [5, 5.41) is 19.4. The topological polar surface area (TPSA) is 112 Å². The quantitative estimate of drug-likeness (QED) is 0.679. The van der Waals surface area contributed by atoms with Gasteiger partial charge in [0.1, 0.15) is 17.0 Å². The maximum atomic E-state index is 13.4. The molecule has 184 valence electrons. The Bertz CT molecular complexity index is 1050. The van der Waals surface area contributed by atoms with Crippen molar-refractivity contribution < 1.29 is 29.3 Å². The van der Waals surface area contributed by atoms with E-state index < -0.39 is 29.3 Å². The van der Waals surface area contributed by atoms with Crippen LogP contribution in [0.5, 0.6) is 0 Å². The summed E-state index contributed by atoms with van der Waals surface area (Å²) in [6, 6.07) is 8.56. The minimum absolute atomic E-state index is 0.0940. The zero-order valence-electron chi connectivity index (χ0n) is 20.5. The number of pyridine rings is 1. The third kappa shape index (κ3) is 5.66. The van der Waals surface area contributed by atoms with E-state index >= 15 is 0 Å². The number of anilines is 3. The number of hydrogen-bond donors (Lipinski definition) is 2. The van der Waals surface area contributed by atoms with Crippen LogP contribution in [-0.2, 0) is 16.0 Å². The van der Waals surface area contributed by atoms with Crippen LogP contribution in [0.1, 0.15) is 58.6 Å². The second-order valence-electron chi connectivity index (χ2n) is 10.2. The number of carbonyl (C=O) groups is 2. The van der Waals surface area contributed by atoms with Crippen molar-refractivity contribution in [3.8, 4) is 0 Å². The number of amides is 2. The zero-order valence-corrected chi connectivity index (χ0v) is 20.5. The van der Waals surface area contributed by atoms with E-state index in [1.165, 1.54) is 9.80 Å². The molecule has 9 nitrogen and oxygen atoms in total. The molecule has 2 aromatic rings. The smallest absolute Gasteiger partial charge is 0.420 e. The lowest BCUT2D eigenvalue weighted by Gasteiger charge is -2.30. The van der Waals surface area contributed by atoms with Crippen LogP contribution in [0.25, 0.3) is 0 Å². The Morgan fingerprint density at radius 1 is 0.971 bits per heavy atom. The van der Waals surface area contributed by atoms with Gasteiger partial charge in [-0.3, -0.25) is 4.90 Å². The molecule has 0 bridgehead atoms. The monoisotopic (exact) mass is 471 g/mol. The molecule has 2 N–H and O–H groups in total. The fraction of sp³-hybridized carbons (Fsp3) is 0.480. The van der Waals surface area contributed by atoms with Gasteiger partial charge in [0.25, 0.3) is 0 Å². The molecule has 0 radical (unpaired) electrons. The van der Waals surface area contributed by atoms with Gasteiger partial charge in [0, 0.05) is 17.7 Å². The molecule has 0 atom stereocenters. The Balaban J connectivity index is 2.25. The molecule has 1 aromatic carbocycles. The van der Waals surface area contributed by atoms with E-state index in [2.05, 4.69) is 4.98 Å². The molecule has 2 amide bonds. The first-order valence-electron chi connectivity index (χ1n) is 11.2. The SMILES string of the molecule is CC(C)(C)OC(=O)N1Cc2cccnc2N(C(=O)OC(C)(C)C)c2ccc(C(CO)CO)cc21. The van der Waals surface area contributed by atoms with Gasteiger partial charge in [0.2, 0.25) is 0 Å². The molecule has 0 fully saturated rings. The lowest BCUT2D eigenvalue weighted by Crippen LogP contribution is -2.37. The summed E-state index contributed by atoms with van der Waals surface area (Å²) >= 11 is 0. The standard InChI is InChI=1S/C25H33N3O6/c1-24(2,3)33-22(31)27-13-17-8-7-11-26-21(17)28(23(32)34-25(4,5)6)19-10-9-16(12-20(19)27)18(14-29)15-30/h7-12,18,29-30H,13-15H2,1-6H3. The normalized spacial score (nSPS) is 13.8. The van der Waals surface area contributed by atoms with Gasteiger partial charge in [-0.05, 0) is 65.3 Å². The first-order chi connectivity index (χ1) is 15.8. The average molecular weight is 472 g/mol. The van der Waals surface area contributed by atoms with Crippen molar-refractivity contribution in [1.29, 1.82) is 0 Å². The van der Waals surface area contributed by atoms with Crippen LogP contribution in [0.15, 0.2) is 36.5 Å². The highest BCUT2D eigenvalue weighted by molar-refractivity contribution is 6.04. The summed E-state index contributed by atoms with van der Waals surface area (Å²) < 4.78 is 11.3. The largest absolute Gasteiger partial charge is 0.443 e. The fourth-order valence-corrected chi connectivity index (χ4v) is 3.57. The Morgan fingerprint density at radius 2 is 1.59 bits per heavy atom. The molecular formula is C25H33N3O6. The third-order valence-electron chi connectivity index (χ3n) is 5.04. The van der Waals surface area contributed by atoms with Crippen LogP contribution in [0, 0.1) is 0 Å². The molecule has 1 aliphatic heterocycles. The van der Waals surface area contributed by atoms with Gasteiger partial charge in [-0.2, -0.15) is 0 Å². The zero-order chi connectivity index (χ0) is 25.3. The second-order valence-corrected chi connectivity index (χ2v) is 10.2. The molecular weight excluding hydrogens is 438 g/mol. The van der Waals surface area contributed by atoms with Crippen LogP contribution in [0.3, 0.4) is 0 Å². The average Bonchev–Trinajstić information content (AvgIpc) is 2.86. The third-order valence-corrected chi connectivity index (χ3v) is 5.04. The summed E-state index contributed by atoms with van der Waals surface area (Å²) in [6.45, 7) is 10.2. The predicted octanol–water partition coefficient (Wildman–Crippen LogP) is 4.48. The van der Waals surface area contributed by atoms with E-state index in [0.717, 1.165) is 0 Å². The Hall–Kier alpha value is -3.17. The number of benzene rings is 1. The van der Waals surface area contributed by atoms with Crippen molar-refractivity contribution in [2.45, 2.75) is 65.2 Å². The highest BCUT2D eigenvalue weighted by atomic mass is 16.6. The molecule has 34 heavy (non-hydrogen) atoms. The number of rotatable bonds is 3. The molecule has 0 unspecified atom stereocenters. The minimum atomic E-state index is -0.762. The van der Waals surface area contributed by atoms with E-state index in [4.69, 9.17) is 9.47 Å². The van der Waals surface area contributed by atoms with E-state index in [-0.39, 0.29) is 19.8 Å². The van der Waals surface area contributed by atoms with Gasteiger partial charge in [0.15, 0.2) is 0 Å². The van der Waals surface area contributed by atoms with Gasteiger partial charge in [0.05, 0.1) is 31.1 Å². The molecule has 1 aromatic heterocycles. The Morgan fingerprint density at radius 3 is 2.18 bits per heavy atom. The van der Waals surface area contributed by atoms with Gasteiger partial charge in [-0.15, -0.1) is 0 Å². The van der Waals surface area contributed by atoms with E-state index in [9.17, 15) is 19.8 Å². The fourth-order valence-electron chi connectivity index (χ4n) is 3.57. The number of aromatic nitrogens is 1. The molecule has 0 saturated carbocycles. The Labute approximate surface area is 199 Å². The molecule has 3 rings (SSSR count). The highest BCUT2D eigenvalue weighted by Crippen LogP contribution is 2.42. The first-order valence-corrected chi connectivity index (χ1v) is 11.2. The lowest BCUT2D eigenvalue weighted by atomic mass is 9.99. The maximum Gasteiger partial charge on any atom is 0.420 e. The highest BCUT2D eigenvalue weighted by Gasteiger charge is 2.36. The van der Waals surface area contributed by atoms with Gasteiger partial charge >= 0.3 is 12.2 Å². The van der Waals surface area contributed by atoms with Gasteiger partial charge < -0.3 is 19.7 Å². The van der Waals surface area contributed by atoms with Crippen molar-refractivity contribution in [2.75, 3.05) is 23.0 Å². The summed E-state index contributed by atoms with van der Waals surface area (Å²) in [6.07, 6.45) is 0.325. The second kappa shape index (κ2) is 9.60. The molecule has 0 aliphatic carbocycles. The number of carbonyl (C=O) groups excluding carboxylic acids is 2. The van der Waals surface area contributed by atoms with Crippen molar-refractivity contribution in [1.82, 2.24) is 4.98 Å². The van der Waals surface area contributed by atoms with Gasteiger partial charge in [-0.25, -0.2) is 19.5 Å². The van der Waals surface area contributed by atoms with E-state index in [1.54, 1.807) is 78.1 Å². The minimum Gasteiger partial charge on any atom is -0.443 e. The van der Waals surface area contributed by atoms with E-state index in [0.29, 0.717) is 28.3 Å². The number of aliphatic hydroxyl groups excluding tert-OH is 2. The summed E-state index contributed by atoms with van der Waals surface area (Å²) in [7, 11) is 0. The van der Waals surface area contributed by atoms with Crippen molar-refractivity contribution in [2.24, 2.45) is 0 Å². The van der Waals surface area contributed by atoms with Crippen LogP contribution >= 0.6 is 0 Å². The van der Waals surface area contributed by atoms with Crippen LogP contribution < -0.4 is 9.80 Å². The van der Waals surface area contributed by atoms with Crippen molar-refractivity contribution in [3.63, 3.8) is 0 Å². The predicted molar refractivity (Wildman–Crippen MR) is 128 cm³/mol. The first kappa shape index (κ1) is 25.5. The molecule has 9 heteroatoms. The summed E-state index contributed by atoms with van der Waals surface area (Å²) in [5.41, 5.74) is 0.474. The van der Waals surface area contributed by atoms with E-state index in [1.807, 2.05) is 0 Å². The molecule has 1 aliphatic rings. The van der Waals surface area contributed by atoms with Crippen LogP contribution in [0.4, 0.5) is 26.8 Å². The summed E-state index contributed by atoms with van der Waals surface area (Å²) in [5.74, 6) is -0.206. The van der Waals surface area contributed by atoms with Gasteiger partial charge in [-0.1, -0.05) is 12.1 Å². The molecule has 0 saturated heterocycles. The Kier molecular flexibility index (Phi) is 7.18. The van der Waals surface area contributed by atoms with Crippen molar-refractivity contribution >= 4 is 29.4 Å².